The van der Waals surface area contributed by atoms with Crippen molar-refractivity contribution >= 4 is 6.21 Å². The van der Waals surface area contributed by atoms with Gasteiger partial charge in [0.05, 0.1) is 6.04 Å². The van der Waals surface area contributed by atoms with Gasteiger partial charge in [-0.2, -0.15) is 0 Å². The lowest BCUT2D eigenvalue weighted by molar-refractivity contribution is 0.999. The van der Waals surface area contributed by atoms with Crippen LogP contribution in [0.2, 0.25) is 0 Å². The third-order valence-corrected chi connectivity index (χ3v) is 1.55. The van der Waals surface area contributed by atoms with Gasteiger partial charge in [-0.1, -0.05) is 24.3 Å². The molecule has 9 heavy (non-hydrogen) atoms. The topological polar surface area (TPSA) is 12.4 Å². The minimum absolute atomic E-state index is 0.329. The molecule has 1 aliphatic carbocycles. The molecule has 0 fully saturated rings. The normalized spacial score (nSPS) is 28.4. The van der Waals surface area contributed by atoms with Gasteiger partial charge in [-0.15, -0.1) is 0 Å². The fourth-order valence-corrected chi connectivity index (χ4v) is 1.07. The van der Waals surface area contributed by atoms with Gasteiger partial charge < -0.3 is 0 Å². The van der Waals surface area contributed by atoms with Crippen molar-refractivity contribution in [2.24, 2.45) is 4.99 Å². The molecule has 0 spiro atoms. The summed E-state index contributed by atoms with van der Waals surface area (Å²) < 4.78 is 0. The molecule has 1 heterocycles. The van der Waals surface area contributed by atoms with Gasteiger partial charge in [0.1, 0.15) is 0 Å². The molecule has 1 heteroatoms. The molecule has 2 aliphatic rings. The van der Waals surface area contributed by atoms with Gasteiger partial charge in [-0.05, 0) is 11.6 Å². The van der Waals surface area contributed by atoms with Crippen molar-refractivity contribution in [3.8, 4) is 0 Å². The number of aliphatic imine (C=N–C) groups is 1. The van der Waals surface area contributed by atoms with Crippen molar-refractivity contribution in [2.75, 3.05) is 0 Å². The maximum Gasteiger partial charge on any atom is 0.0933 e. The van der Waals surface area contributed by atoms with Crippen molar-refractivity contribution in [1.82, 2.24) is 0 Å². The van der Waals surface area contributed by atoms with E-state index in [-0.39, 0.29) is 0 Å². The number of nitrogens with zero attached hydrogens (tertiary/aromatic N) is 1. The second kappa shape index (κ2) is 1.69. The van der Waals surface area contributed by atoms with Gasteiger partial charge in [-0.25, -0.2) is 0 Å². The molecule has 0 aromatic heterocycles. The molecule has 0 saturated carbocycles. The average molecular weight is 117 g/mol. The van der Waals surface area contributed by atoms with Gasteiger partial charge in [0.2, 0.25) is 0 Å². The van der Waals surface area contributed by atoms with Crippen molar-refractivity contribution in [1.29, 1.82) is 0 Å². The zero-order valence-corrected chi connectivity index (χ0v) is 4.99. The van der Waals surface area contributed by atoms with Crippen molar-refractivity contribution < 1.29 is 0 Å². The molecule has 0 bridgehead atoms. The zero-order valence-electron chi connectivity index (χ0n) is 4.99. The maximum atomic E-state index is 4.22. The number of fused-ring (bicyclic) bond motifs is 1. The Labute approximate surface area is 54.1 Å². The van der Waals surface area contributed by atoms with Crippen LogP contribution in [0, 0.1) is 0 Å². The molecule has 0 N–H and O–H groups in total. The van der Waals surface area contributed by atoms with Crippen LogP contribution in [-0.2, 0) is 0 Å². The summed E-state index contributed by atoms with van der Waals surface area (Å²) in [5.74, 6) is 0. The lowest BCUT2D eigenvalue weighted by atomic mass is 10.1. The SMILES string of the molecule is C1=CC2=CC=CC2N=C1. The summed E-state index contributed by atoms with van der Waals surface area (Å²) in [5, 5.41) is 0. The number of hydrogen-bond donors (Lipinski definition) is 0. The fraction of sp³-hybridized carbons (Fsp3) is 0.125. The largest absolute Gasteiger partial charge is 0.281 e. The molecule has 1 atom stereocenters. The summed E-state index contributed by atoms with van der Waals surface area (Å²) in [6, 6.07) is 0.329. The molecule has 1 aliphatic heterocycles. The van der Waals surface area contributed by atoms with Gasteiger partial charge in [-0.3, -0.25) is 4.99 Å². The Morgan fingerprint density at radius 2 is 2.33 bits per heavy atom. The molecule has 2 rings (SSSR count). The summed E-state index contributed by atoms with van der Waals surface area (Å²) >= 11 is 0. The maximum absolute atomic E-state index is 4.22. The Balaban J connectivity index is 2.40. The second-order valence-corrected chi connectivity index (χ2v) is 2.15. The third-order valence-electron chi connectivity index (χ3n) is 1.55. The molecular formula is C8H7N. The van der Waals surface area contributed by atoms with E-state index in [1.54, 1.807) is 0 Å². The van der Waals surface area contributed by atoms with Crippen molar-refractivity contribution in [3.05, 3.63) is 36.0 Å². The Bertz CT molecular complexity index is 231. The van der Waals surface area contributed by atoms with Crippen LogP contribution in [0.4, 0.5) is 0 Å². The van der Waals surface area contributed by atoms with Crippen LogP contribution in [0.15, 0.2) is 40.9 Å². The lowest BCUT2D eigenvalue weighted by Gasteiger charge is -2.06. The van der Waals surface area contributed by atoms with Gasteiger partial charge in [0, 0.05) is 6.21 Å². The highest BCUT2D eigenvalue weighted by molar-refractivity contribution is 5.75. The summed E-state index contributed by atoms with van der Waals surface area (Å²) in [5.41, 5.74) is 1.30. The lowest BCUT2D eigenvalue weighted by Crippen LogP contribution is -2.02. The van der Waals surface area contributed by atoms with Crippen molar-refractivity contribution in [3.63, 3.8) is 0 Å². The molecule has 0 amide bonds. The molecule has 1 unspecified atom stereocenters. The smallest absolute Gasteiger partial charge is 0.0933 e. The summed E-state index contributed by atoms with van der Waals surface area (Å²) in [7, 11) is 0. The van der Waals surface area contributed by atoms with Gasteiger partial charge >= 0.3 is 0 Å². The Hall–Kier alpha value is -1.11. The van der Waals surface area contributed by atoms with E-state index in [2.05, 4.69) is 23.2 Å². The molecular weight excluding hydrogens is 110 g/mol. The summed E-state index contributed by atoms with van der Waals surface area (Å²) in [6.45, 7) is 0. The van der Waals surface area contributed by atoms with E-state index in [0.717, 1.165) is 0 Å². The van der Waals surface area contributed by atoms with Crippen LogP contribution in [0.1, 0.15) is 0 Å². The highest BCUT2D eigenvalue weighted by Crippen LogP contribution is 2.18. The van der Waals surface area contributed by atoms with Crippen LogP contribution in [0.3, 0.4) is 0 Å². The van der Waals surface area contributed by atoms with E-state index in [0.29, 0.717) is 6.04 Å². The first-order valence-corrected chi connectivity index (χ1v) is 3.05. The fourth-order valence-electron chi connectivity index (χ4n) is 1.07. The summed E-state index contributed by atoms with van der Waals surface area (Å²) in [6.07, 6.45) is 12.1. The minimum atomic E-state index is 0.329. The van der Waals surface area contributed by atoms with E-state index >= 15 is 0 Å². The molecule has 0 aromatic rings. The Morgan fingerprint density at radius 1 is 1.33 bits per heavy atom. The molecule has 0 radical (unpaired) electrons. The number of rotatable bonds is 0. The van der Waals surface area contributed by atoms with Crippen molar-refractivity contribution in [2.45, 2.75) is 6.04 Å². The monoisotopic (exact) mass is 117 g/mol. The van der Waals surface area contributed by atoms with Crippen LogP contribution in [0.25, 0.3) is 0 Å². The van der Waals surface area contributed by atoms with E-state index in [4.69, 9.17) is 0 Å². The predicted octanol–water partition coefficient (Wildman–Crippen LogP) is 1.49. The van der Waals surface area contributed by atoms with Crippen LogP contribution in [0.5, 0.6) is 0 Å². The highest BCUT2D eigenvalue weighted by atomic mass is 14.8. The first-order valence-electron chi connectivity index (χ1n) is 3.05. The number of hydrogen-bond acceptors (Lipinski definition) is 1. The molecule has 0 aromatic carbocycles. The summed E-state index contributed by atoms with van der Waals surface area (Å²) in [4.78, 5) is 4.22. The predicted molar refractivity (Wildman–Crippen MR) is 38.6 cm³/mol. The molecule has 0 saturated heterocycles. The highest BCUT2D eigenvalue weighted by Gasteiger charge is 2.10. The average Bonchev–Trinajstić information content (AvgIpc) is 2.33. The van der Waals surface area contributed by atoms with Crippen LogP contribution >= 0.6 is 0 Å². The number of dihydropyridines is 1. The quantitative estimate of drug-likeness (QED) is 0.456. The molecule has 1 nitrogen and oxygen atoms in total. The van der Waals surface area contributed by atoms with E-state index < -0.39 is 0 Å². The Kier molecular flexibility index (Phi) is 0.890. The van der Waals surface area contributed by atoms with Crippen LogP contribution in [-0.4, -0.2) is 12.3 Å². The van der Waals surface area contributed by atoms with E-state index in [1.165, 1.54) is 5.57 Å². The minimum Gasteiger partial charge on any atom is -0.281 e. The van der Waals surface area contributed by atoms with Crippen LogP contribution < -0.4 is 0 Å². The zero-order chi connectivity index (χ0) is 6.10. The second-order valence-electron chi connectivity index (χ2n) is 2.15. The third kappa shape index (κ3) is 0.653. The standard InChI is InChI=1S/C8H7N/c1-3-7-4-2-6-9-8(7)5-1/h1-6,8H. The van der Waals surface area contributed by atoms with E-state index in [9.17, 15) is 0 Å². The van der Waals surface area contributed by atoms with Gasteiger partial charge in [0.25, 0.3) is 0 Å². The Morgan fingerprint density at radius 3 is 3.22 bits per heavy atom. The van der Waals surface area contributed by atoms with Gasteiger partial charge in [0.15, 0.2) is 0 Å². The first-order chi connectivity index (χ1) is 4.47. The van der Waals surface area contributed by atoms with E-state index in [1.807, 2.05) is 18.4 Å². The molecule has 44 valence electrons. The number of allylic oxidation sites excluding steroid dienone is 3. The first kappa shape index (κ1) is 4.74.